The fourth-order valence-electron chi connectivity index (χ4n) is 4.36. The monoisotopic (exact) mass is 500 g/mol. The summed E-state index contributed by atoms with van der Waals surface area (Å²) in [6, 6.07) is 17.2. The molecule has 1 aliphatic heterocycles. The molecular formula is C28H24N2O5S. The number of Topliss-reactive ketones (excluding diaryl/α,β-unsaturated/α-hetero) is 1. The summed E-state index contributed by atoms with van der Waals surface area (Å²) in [4.78, 5) is 32.9. The van der Waals surface area contributed by atoms with Gasteiger partial charge in [-0.15, -0.1) is 0 Å². The zero-order chi connectivity index (χ0) is 25.6. The molecule has 5 rings (SSSR count). The highest BCUT2D eigenvalue weighted by Gasteiger charge is 2.48. The molecule has 0 radical (unpaired) electrons. The number of thiazole rings is 1. The van der Waals surface area contributed by atoms with E-state index in [9.17, 15) is 14.7 Å². The highest BCUT2D eigenvalue weighted by atomic mass is 32.1. The minimum absolute atomic E-state index is 0.00786. The van der Waals surface area contributed by atoms with Gasteiger partial charge >= 0.3 is 5.91 Å². The Morgan fingerprint density at radius 3 is 2.31 bits per heavy atom. The van der Waals surface area contributed by atoms with Crippen molar-refractivity contribution in [3.8, 4) is 11.5 Å². The minimum atomic E-state index is -0.909. The lowest BCUT2D eigenvalue weighted by atomic mass is 9.95. The first-order valence-corrected chi connectivity index (χ1v) is 12.1. The number of rotatable bonds is 5. The van der Waals surface area contributed by atoms with Crippen LogP contribution in [0.3, 0.4) is 0 Å². The van der Waals surface area contributed by atoms with E-state index in [4.69, 9.17) is 9.47 Å². The summed E-state index contributed by atoms with van der Waals surface area (Å²) >= 11 is 1.32. The highest BCUT2D eigenvalue weighted by molar-refractivity contribution is 7.22. The van der Waals surface area contributed by atoms with Gasteiger partial charge < -0.3 is 14.6 Å². The van der Waals surface area contributed by atoms with E-state index >= 15 is 0 Å². The van der Waals surface area contributed by atoms with E-state index in [1.807, 2.05) is 44.2 Å². The molecule has 1 saturated heterocycles. The highest BCUT2D eigenvalue weighted by Crippen LogP contribution is 2.45. The van der Waals surface area contributed by atoms with E-state index in [1.165, 1.54) is 30.5 Å². The standard InChI is InChI=1S/C28H24N2O5S/c1-15-5-8-17(9-6-15)25(31)23-24(18-10-12-20(34-3)21(14-18)35-4)30(27(33)26(23)32)28-29-19-11-7-16(2)13-22(19)36-28/h5-14,24,31H,1-4H3/b25-23+/t24-/m0/s1. The van der Waals surface area contributed by atoms with Crippen molar-refractivity contribution in [1.29, 1.82) is 0 Å². The van der Waals surface area contributed by atoms with E-state index in [0.717, 1.165) is 21.3 Å². The van der Waals surface area contributed by atoms with Crippen molar-refractivity contribution in [2.75, 3.05) is 19.1 Å². The number of aliphatic hydroxyl groups excluding tert-OH is 1. The van der Waals surface area contributed by atoms with Crippen LogP contribution in [0.1, 0.15) is 28.3 Å². The van der Waals surface area contributed by atoms with Crippen molar-refractivity contribution in [2.24, 2.45) is 0 Å². The number of hydrogen-bond donors (Lipinski definition) is 1. The second-order valence-corrected chi connectivity index (χ2v) is 9.63. The molecule has 1 aromatic heterocycles. The van der Waals surface area contributed by atoms with Gasteiger partial charge in [-0.2, -0.15) is 0 Å². The molecule has 2 heterocycles. The van der Waals surface area contributed by atoms with Gasteiger partial charge in [-0.25, -0.2) is 4.98 Å². The van der Waals surface area contributed by atoms with E-state index < -0.39 is 17.7 Å². The number of fused-ring (bicyclic) bond motifs is 1. The molecule has 7 nitrogen and oxygen atoms in total. The third-order valence-electron chi connectivity index (χ3n) is 6.23. The van der Waals surface area contributed by atoms with Gasteiger partial charge in [0.05, 0.1) is 36.1 Å². The molecule has 0 aliphatic carbocycles. The molecule has 182 valence electrons. The van der Waals surface area contributed by atoms with Crippen LogP contribution in [-0.2, 0) is 9.59 Å². The summed E-state index contributed by atoms with van der Waals surface area (Å²) in [5.74, 6) is -0.821. The molecule has 0 spiro atoms. The largest absolute Gasteiger partial charge is 0.507 e. The number of methoxy groups -OCH3 is 2. The van der Waals surface area contributed by atoms with E-state index in [0.29, 0.717) is 27.8 Å². The van der Waals surface area contributed by atoms with Crippen LogP contribution in [-0.4, -0.2) is 36.0 Å². The first-order chi connectivity index (χ1) is 17.3. The zero-order valence-electron chi connectivity index (χ0n) is 20.2. The fourth-order valence-corrected chi connectivity index (χ4v) is 5.45. The number of anilines is 1. The third kappa shape index (κ3) is 3.89. The lowest BCUT2D eigenvalue weighted by Crippen LogP contribution is -2.29. The summed E-state index contributed by atoms with van der Waals surface area (Å²) in [5.41, 5.74) is 3.82. The van der Waals surface area contributed by atoms with E-state index in [2.05, 4.69) is 4.98 Å². The van der Waals surface area contributed by atoms with Gasteiger partial charge in [0.25, 0.3) is 5.78 Å². The van der Waals surface area contributed by atoms with Gasteiger partial charge in [-0.05, 0) is 49.2 Å². The van der Waals surface area contributed by atoms with Crippen molar-refractivity contribution >= 4 is 44.1 Å². The maximum Gasteiger partial charge on any atom is 0.301 e. The Hall–Kier alpha value is -4.17. The molecule has 0 saturated carbocycles. The molecular weight excluding hydrogens is 476 g/mol. The fraction of sp³-hybridized carbons (Fsp3) is 0.179. The van der Waals surface area contributed by atoms with Crippen LogP contribution in [0.2, 0.25) is 0 Å². The maximum atomic E-state index is 13.5. The first kappa shape index (κ1) is 23.6. The quantitative estimate of drug-likeness (QED) is 0.219. The number of aryl methyl sites for hydroxylation is 2. The SMILES string of the molecule is COc1ccc([C@H]2/C(=C(\O)c3ccc(C)cc3)C(=O)C(=O)N2c2nc3ccc(C)cc3s2)cc1OC. The molecule has 1 aliphatic rings. The Kier molecular flexibility index (Phi) is 5.97. The minimum Gasteiger partial charge on any atom is -0.507 e. The first-order valence-electron chi connectivity index (χ1n) is 11.3. The Bertz CT molecular complexity index is 1540. The smallest absolute Gasteiger partial charge is 0.301 e. The Morgan fingerprint density at radius 2 is 1.61 bits per heavy atom. The number of ketones is 1. The van der Waals surface area contributed by atoms with Gasteiger partial charge in [0.1, 0.15) is 5.76 Å². The number of nitrogens with zero attached hydrogens (tertiary/aromatic N) is 2. The normalized spacial score (nSPS) is 17.1. The van der Waals surface area contributed by atoms with E-state index in [-0.39, 0.29) is 11.3 Å². The number of hydrogen-bond acceptors (Lipinski definition) is 7. The van der Waals surface area contributed by atoms with Gasteiger partial charge in [0, 0.05) is 5.56 Å². The van der Waals surface area contributed by atoms with Crippen molar-refractivity contribution in [3.63, 3.8) is 0 Å². The van der Waals surface area contributed by atoms with Crippen LogP contribution in [0.4, 0.5) is 5.13 Å². The van der Waals surface area contributed by atoms with E-state index in [1.54, 1.807) is 30.3 Å². The maximum absolute atomic E-state index is 13.5. The number of amides is 1. The predicted molar refractivity (Wildman–Crippen MR) is 140 cm³/mol. The van der Waals surface area contributed by atoms with Crippen molar-refractivity contribution in [3.05, 3.63) is 88.5 Å². The summed E-state index contributed by atoms with van der Waals surface area (Å²) < 4.78 is 11.7. The van der Waals surface area contributed by atoms with Gasteiger partial charge in [-0.1, -0.05) is 53.3 Å². The summed E-state index contributed by atoms with van der Waals surface area (Å²) in [6.45, 7) is 3.91. The Morgan fingerprint density at radius 1 is 0.917 bits per heavy atom. The number of aliphatic hydroxyl groups is 1. The van der Waals surface area contributed by atoms with Crippen LogP contribution in [0.15, 0.2) is 66.2 Å². The van der Waals surface area contributed by atoms with Gasteiger partial charge in [0.15, 0.2) is 16.6 Å². The number of ether oxygens (including phenoxy) is 2. The Labute approximate surface area is 212 Å². The van der Waals surface area contributed by atoms with Crippen LogP contribution in [0.5, 0.6) is 11.5 Å². The van der Waals surface area contributed by atoms with Gasteiger partial charge in [0.2, 0.25) is 0 Å². The lowest BCUT2D eigenvalue weighted by molar-refractivity contribution is -0.132. The van der Waals surface area contributed by atoms with Crippen molar-refractivity contribution in [2.45, 2.75) is 19.9 Å². The second kappa shape index (κ2) is 9.13. The van der Waals surface area contributed by atoms with Crippen molar-refractivity contribution in [1.82, 2.24) is 4.98 Å². The molecule has 0 bridgehead atoms. The molecule has 1 atom stereocenters. The van der Waals surface area contributed by atoms with Gasteiger partial charge in [-0.3, -0.25) is 14.5 Å². The molecule has 1 N–H and O–H groups in total. The lowest BCUT2D eigenvalue weighted by Gasteiger charge is -2.23. The Balaban J connectivity index is 1.75. The number of aromatic nitrogens is 1. The number of benzene rings is 3. The summed E-state index contributed by atoms with van der Waals surface area (Å²) in [5, 5.41) is 11.7. The molecule has 1 fully saturated rings. The van der Waals surface area contributed by atoms with Crippen LogP contribution in [0, 0.1) is 13.8 Å². The van der Waals surface area contributed by atoms with Crippen LogP contribution in [0.25, 0.3) is 16.0 Å². The number of carbonyl (C=O) groups excluding carboxylic acids is 2. The summed E-state index contributed by atoms with van der Waals surface area (Å²) in [6.07, 6.45) is 0. The number of carbonyl (C=O) groups is 2. The average Bonchev–Trinajstić information content (AvgIpc) is 3.41. The van der Waals surface area contributed by atoms with Crippen LogP contribution >= 0.6 is 11.3 Å². The molecule has 0 unspecified atom stereocenters. The summed E-state index contributed by atoms with van der Waals surface area (Å²) in [7, 11) is 3.05. The second-order valence-electron chi connectivity index (χ2n) is 8.62. The zero-order valence-corrected chi connectivity index (χ0v) is 21.1. The predicted octanol–water partition coefficient (Wildman–Crippen LogP) is 5.56. The topological polar surface area (TPSA) is 89.0 Å². The van der Waals surface area contributed by atoms with Crippen LogP contribution < -0.4 is 14.4 Å². The molecule has 8 heteroatoms. The average molecular weight is 501 g/mol. The molecule has 1 amide bonds. The third-order valence-corrected chi connectivity index (χ3v) is 7.25. The molecule has 4 aromatic rings. The molecule has 3 aromatic carbocycles. The molecule has 36 heavy (non-hydrogen) atoms. The van der Waals surface area contributed by atoms with Crippen molar-refractivity contribution < 1.29 is 24.2 Å².